The second-order valence-corrected chi connectivity index (χ2v) is 7.25. The number of alkyl halides is 3. The maximum Gasteiger partial charge on any atom is 0.417 e. The Hall–Kier alpha value is -3.24. The van der Waals surface area contributed by atoms with Gasteiger partial charge in [0.2, 0.25) is 5.91 Å². The van der Waals surface area contributed by atoms with Crippen LogP contribution in [-0.4, -0.2) is 54.4 Å². The molecule has 0 unspecified atom stereocenters. The molecule has 0 saturated carbocycles. The molecule has 1 aliphatic rings. The van der Waals surface area contributed by atoms with Gasteiger partial charge in [-0.05, 0) is 30.7 Å². The minimum Gasteiger partial charge on any atom is -0.353 e. The molecule has 2 heterocycles. The molecule has 0 bridgehead atoms. The summed E-state index contributed by atoms with van der Waals surface area (Å²) in [4.78, 5) is 31.6. The van der Waals surface area contributed by atoms with Crippen LogP contribution in [0, 0.1) is 11.6 Å². The largest absolute Gasteiger partial charge is 0.417 e. The highest BCUT2D eigenvalue weighted by Crippen LogP contribution is 2.29. The lowest BCUT2D eigenvalue weighted by molar-refractivity contribution is -0.137. The van der Waals surface area contributed by atoms with Crippen molar-refractivity contribution >= 4 is 17.6 Å². The van der Waals surface area contributed by atoms with Gasteiger partial charge in [0.1, 0.15) is 17.5 Å². The molecule has 0 aliphatic carbocycles. The lowest BCUT2D eigenvalue weighted by Crippen LogP contribution is -2.49. The second kappa shape index (κ2) is 9.92. The van der Waals surface area contributed by atoms with Crippen LogP contribution in [0.1, 0.15) is 28.8 Å². The fourth-order valence-electron chi connectivity index (χ4n) is 3.29. The van der Waals surface area contributed by atoms with E-state index in [1.807, 2.05) is 0 Å². The van der Waals surface area contributed by atoms with Crippen LogP contribution >= 0.6 is 0 Å². The van der Waals surface area contributed by atoms with Crippen molar-refractivity contribution in [3.63, 3.8) is 0 Å². The molecule has 0 radical (unpaired) electrons. The average Bonchev–Trinajstić information content (AvgIpc) is 2.76. The summed E-state index contributed by atoms with van der Waals surface area (Å²) in [6.07, 6.45) is -3.14. The summed E-state index contributed by atoms with van der Waals surface area (Å²) in [5, 5.41) is 2.49. The first kappa shape index (κ1) is 23.4. The van der Waals surface area contributed by atoms with Crippen LogP contribution < -0.4 is 10.2 Å². The highest BCUT2D eigenvalue weighted by atomic mass is 19.4. The third kappa shape index (κ3) is 5.92. The van der Waals surface area contributed by atoms with E-state index in [2.05, 4.69) is 10.3 Å². The van der Waals surface area contributed by atoms with Crippen molar-refractivity contribution in [3.05, 3.63) is 59.3 Å². The van der Waals surface area contributed by atoms with E-state index in [-0.39, 0.29) is 24.4 Å². The summed E-state index contributed by atoms with van der Waals surface area (Å²) in [7, 11) is 0. The number of nitrogens with one attached hydrogen (secondary N) is 1. The fraction of sp³-hybridized carbons (Fsp3) is 0.381. The minimum absolute atomic E-state index is 0.118. The number of piperazine rings is 1. The number of amides is 2. The molecular formula is C21H21F5N4O2. The maximum absolute atomic E-state index is 13.6. The summed E-state index contributed by atoms with van der Waals surface area (Å²) < 4.78 is 64.4. The van der Waals surface area contributed by atoms with Crippen molar-refractivity contribution in [2.24, 2.45) is 0 Å². The zero-order valence-electron chi connectivity index (χ0n) is 17.0. The van der Waals surface area contributed by atoms with Gasteiger partial charge in [-0.15, -0.1) is 0 Å². The normalized spacial score (nSPS) is 14.4. The highest BCUT2D eigenvalue weighted by molar-refractivity contribution is 5.94. The molecule has 3 rings (SSSR count). The Labute approximate surface area is 181 Å². The quantitative estimate of drug-likeness (QED) is 0.536. The summed E-state index contributed by atoms with van der Waals surface area (Å²) in [6, 6.07) is 4.95. The van der Waals surface area contributed by atoms with Crippen LogP contribution in [0.15, 0.2) is 36.5 Å². The van der Waals surface area contributed by atoms with E-state index in [0.717, 1.165) is 24.4 Å². The molecule has 32 heavy (non-hydrogen) atoms. The van der Waals surface area contributed by atoms with Gasteiger partial charge in [-0.2, -0.15) is 13.2 Å². The first-order chi connectivity index (χ1) is 15.1. The van der Waals surface area contributed by atoms with E-state index in [1.165, 1.54) is 6.07 Å². The van der Waals surface area contributed by atoms with E-state index in [1.54, 1.807) is 9.80 Å². The number of anilines is 1. The molecule has 6 nitrogen and oxygen atoms in total. The van der Waals surface area contributed by atoms with Gasteiger partial charge in [0.15, 0.2) is 0 Å². The van der Waals surface area contributed by atoms with E-state index in [9.17, 15) is 31.5 Å². The summed E-state index contributed by atoms with van der Waals surface area (Å²) >= 11 is 0. The fourth-order valence-corrected chi connectivity index (χ4v) is 3.29. The zero-order valence-corrected chi connectivity index (χ0v) is 17.0. The number of rotatable bonds is 6. The topological polar surface area (TPSA) is 65.5 Å². The molecule has 172 valence electrons. The Balaban J connectivity index is 1.39. The smallest absolute Gasteiger partial charge is 0.353 e. The van der Waals surface area contributed by atoms with Gasteiger partial charge in [0.05, 0.1) is 11.1 Å². The molecule has 0 atom stereocenters. The van der Waals surface area contributed by atoms with Gasteiger partial charge >= 0.3 is 6.18 Å². The van der Waals surface area contributed by atoms with E-state index >= 15 is 0 Å². The number of benzene rings is 1. The zero-order chi connectivity index (χ0) is 23.3. The number of hydrogen-bond donors (Lipinski definition) is 1. The van der Waals surface area contributed by atoms with Crippen molar-refractivity contribution in [1.82, 2.24) is 15.2 Å². The molecule has 1 aliphatic heterocycles. The highest BCUT2D eigenvalue weighted by Gasteiger charge is 2.31. The molecule has 2 aromatic rings. The van der Waals surface area contributed by atoms with Gasteiger partial charge < -0.3 is 15.1 Å². The lowest BCUT2D eigenvalue weighted by Gasteiger charge is -2.35. The van der Waals surface area contributed by atoms with Crippen molar-refractivity contribution in [1.29, 1.82) is 0 Å². The minimum atomic E-state index is -4.44. The molecule has 1 N–H and O–H groups in total. The molecule has 11 heteroatoms. The third-order valence-electron chi connectivity index (χ3n) is 5.06. The Morgan fingerprint density at radius 3 is 2.34 bits per heavy atom. The van der Waals surface area contributed by atoms with Gasteiger partial charge in [0, 0.05) is 51.4 Å². The summed E-state index contributed by atoms with van der Waals surface area (Å²) in [5.74, 6) is -2.13. The van der Waals surface area contributed by atoms with Crippen molar-refractivity contribution < 1.29 is 31.5 Å². The van der Waals surface area contributed by atoms with E-state index in [0.29, 0.717) is 44.5 Å². The average molecular weight is 456 g/mol. The van der Waals surface area contributed by atoms with Crippen LogP contribution in [-0.2, 0) is 11.0 Å². The Kier molecular flexibility index (Phi) is 7.26. The van der Waals surface area contributed by atoms with Crippen LogP contribution in [0.2, 0.25) is 0 Å². The number of nitrogens with zero attached hydrogens (tertiary/aromatic N) is 3. The molecule has 1 aromatic carbocycles. The number of aromatic nitrogens is 1. The Morgan fingerprint density at radius 1 is 1.03 bits per heavy atom. The SMILES string of the molecule is O=C(NCCCC(=O)N1CCN(c2ccc(C(F)(F)F)cn2)CC1)c1ccc(F)cc1F. The predicted octanol–water partition coefficient (Wildman–Crippen LogP) is 3.24. The first-order valence-electron chi connectivity index (χ1n) is 9.94. The molecule has 2 amide bonds. The van der Waals surface area contributed by atoms with Crippen LogP contribution in [0.4, 0.5) is 27.8 Å². The number of pyridine rings is 1. The van der Waals surface area contributed by atoms with Crippen molar-refractivity contribution in [3.8, 4) is 0 Å². The molecule has 1 fully saturated rings. The Morgan fingerprint density at radius 2 is 1.75 bits per heavy atom. The molecule has 1 saturated heterocycles. The first-order valence-corrected chi connectivity index (χ1v) is 9.94. The van der Waals surface area contributed by atoms with Crippen LogP contribution in [0.5, 0.6) is 0 Å². The van der Waals surface area contributed by atoms with E-state index < -0.39 is 29.3 Å². The summed E-state index contributed by atoms with van der Waals surface area (Å²) in [6.45, 7) is 1.82. The summed E-state index contributed by atoms with van der Waals surface area (Å²) in [5.41, 5.74) is -1.09. The monoisotopic (exact) mass is 456 g/mol. The van der Waals surface area contributed by atoms with Gasteiger partial charge in [-0.1, -0.05) is 0 Å². The van der Waals surface area contributed by atoms with Gasteiger partial charge in [0.25, 0.3) is 5.91 Å². The molecular weight excluding hydrogens is 435 g/mol. The predicted molar refractivity (Wildman–Crippen MR) is 106 cm³/mol. The Bertz CT molecular complexity index is 958. The standard InChI is InChI=1S/C21H21F5N4O2/c22-15-4-5-16(17(23)12-15)20(32)27-7-1-2-19(31)30-10-8-29(9-11-30)18-6-3-14(13-28-18)21(24,25)26/h3-6,12-13H,1-2,7-11H2,(H,27,32). The van der Waals surface area contributed by atoms with Gasteiger partial charge in [-0.3, -0.25) is 9.59 Å². The van der Waals surface area contributed by atoms with Crippen molar-refractivity contribution in [2.75, 3.05) is 37.6 Å². The van der Waals surface area contributed by atoms with Gasteiger partial charge in [-0.25, -0.2) is 13.8 Å². The lowest BCUT2D eigenvalue weighted by atomic mass is 10.2. The third-order valence-corrected chi connectivity index (χ3v) is 5.06. The van der Waals surface area contributed by atoms with E-state index in [4.69, 9.17) is 0 Å². The number of hydrogen-bond acceptors (Lipinski definition) is 4. The number of carbonyl (C=O) groups is 2. The maximum atomic E-state index is 13.6. The van der Waals surface area contributed by atoms with Crippen molar-refractivity contribution in [2.45, 2.75) is 19.0 Å². The second-order valence-electron chi connectivity index (χ2n) is 7.25. The number of halogens is 5. The van der Waals surface area contributed by atoms with Crippen LogP contribution in [0.25, 0.3) is 0 Å². The number of carbonyl (C=O) groups excluding carboxylic acids is 2. The van der Waals surface area contributed by atoms with Crippen LogP contribution in [0.3, 0.4) is 0 Å². The molecule has 0 spiro atoms. The molecule has 1 aromatic heterocycles.